The highest BCUT2D eigenvalue weighted by molar-refractivity contribution is 7.80. The Balaban J connectivity index is 1.54. The van der Waals surface area contributed by atoms with Crippen molar-refractivity contribution in [2.45, 2.75) is 19.9 Å². The van der Waals surface area contributed by atoms with Gasteiger partial charge in [0.05, 0.1) is 10.6 Å². The second kappa shape index (κ2) is 9.79. The fourth-order valence-corrected chi connectivity index (χ4v) is 4.70. The third-order valence-corrected chi connectivity index (χ3v) is 6.58. The van der Waals surface area contributed by atoms with Gasteiger partial charge in [-0.2, -0.15) is 0 Å². The number of rotatable bonds is 6. The van der Waals surface area contributed by atoms with E-state index in [1.165, 1.54) is 17.0 Å². The van der Waals surface area contributed by atoms with E-state index in [1.54, 1.807) is 12.1 Å². The zero-order chi connectivity index (χ0) is 26.1. The van der Waals surface area contributed by atoms with E-state index in [4.69, 9.17) is 12.2 Å². The molecule has 1 fully saturated rings. The molecule has 1 aliphatic rings. The molecule has 1 aromatic heterocycles. The van der Waals surface area contributed by atoms with Crippen LogP contribution < -0.4 is 10.2 Å². The summed E-state index contributed by atoms with van der Waals surface area (Å²) < 4.78 is 1.94. The van der Waals surface area contributed by atoms with Crippen LogP contribution in [-0.4, -0.2) is 26.4 Å². The van der Waals surface area contributed by atoms with Crippen molar-refractivity contribution in [2.24, 2.45) is 0 Å². The number of nitrogens with one attached hydrogen (secondary N) is 1. The highest BCUT2D eigenvalue weighted by Crippen LogP contribution is 2.28. The van der Waals surface area contributed by atoms with Gasteiger partial charge in [0.15, 0.2) is 5.11 Å². The maximum Gasteiger partial charge on any atom is 0.270 e. The van der Waals surface area contributed by atoms with Crippen molar-refractivity contribution in [3.63, 3.8) is 0 Å². The van der Waals surface area contributed by atoms with E-state index in [2.05, 4.69) is 5.32 Å². The van der Waals surface area contributed by atoms with Crippen LogP contribution in [0.2, 0.25) is 0 Å². The zero-order valence-electron chi connectivity index (χ0n) is 19.9. The van der Waals surface area contributed by atoms with Gasteiger partial charge in [-0.1, -0.05) is 49.4 Å². The maximum absolute atomic E-state index is 13.5. The molecule has 2 amide bonds. The summed E-state index contributed by atoms with van der Waals surface area (Å²) in [6.45, 7) is 2.42. The Bertz CT molecular complexity index is 1600. The molecule has 0 spiro atoms. The maximum atomic E-state index is 13.5. The lowest BCUT2D eigenvalue weighted by atomic mass is 10.1. The lowest BCUT2D eigenvalue weighted by Crippen LogP contribution is -2.54. The van der Waals surface area contributed by atoms with E-state index in [1.807, 2.05) is 72.3 Å². The highest BCUT2D eigenvalue weighted by Gasteiger charge is 2.34. The van der Waals surface area contributed by atoms with Crippen LogP contribution in [0.5, 0.6) is 0 Å². The average Bonchev–Trinajstić information content (AvgIpc) is 3.24. The number of amides is 2. The molecule has 0 atom stereocenters. The second-order valence-corrected chi connectivity index (χ2v) is 9.02. The third-order valence-electron chi connectivity index (χ3n) is 6.30. The first-order valence-corrected chi connectivity index (χ1v) is 12.1. The van der Waals surface area contributed by atoms with Crippen LogP contribution in [0.15, 0.2) is 84.6 Å². The van der Waals surface area contributed by atoms with Crippen LogP contribution in [0.1, 0.15) is 23.6 Å². The Hall–Kier alpha value is -4.63. The number of thiocarbonyl (C=S) groups is 1. The molecule has 3 aromatic carbocycles. The van der Waals surface area contributed by atoms with Crippen molar-refractivity contribution in [1.82, 2.24) is 9.88 Å². The second-order valence-electron chi connectivity index (χ2n) is 8.63. The number of carbonyl (C=O) groups is 2. The molecule has 9 heteroatoms. The molecule has 0 saturated carbocycles. The van der Waals surface area contributed by atoms with Crippen LogP contribution >= 0.6 is 12.2 Å². The van der Waals surface area contributed by atoms with Crippen molar-refractivity contribution in [2.75, 3.05) is 4.90 Å². The summed E-state index contributed by atoms with van der Waals surface area (Å²) in [6, 6.07) is 21.5. The summed E-state index contributed by atoms with van der Waals surface area (Å²) in [5.74, 6) is -1.07. The topological polar surface area (TPSA) is 97.5 Å². The van der Waals surface area contributed by atoms with Crippen LogP contribution in [0, 0.1) is 10.1 Å². The van der Waals surface area contributed by atoms with E-state index in [0.29, 0.717) is 17.8 Å². The van der Waals surface area contributed by atoms with Crippen molar-refractivity contribution in [3.05, 3.63) is 111 Å². The van der Waals surface area contributed by atoms with Crippen molar-refractivity contribution >= 4 is 57.5 Å². The van der Waals surface area contributed by atoms with Gasteiger partial charge in [-0.3, -0.25) is 29.9 Å². The van der Waals surface area contributed by atoms with E-state index < -0.39 is 16.7 Å². The number of hydrogen-bond donors (Lipinski definition) is 1. The molecule has 2 heterocycles. The summed E-state index contributed by atoms with van der Waals surface area (Å²) in [7, 11) is 0. The number of para-hydroxylation sites is 1. The Morgan fingerprint density at radius 2 is 1.76 bits per heavy atom. The minimum atomic E-state index is -0.563. The molecule has 37 heavy (non-hydrogen) atoms. The molecule has 0 bridgehead atoms. The predicted molar refractivity (Wildman–Crippen MR) is 146 cm³/mol. The number of non-ortho nitro benzene ring substituents is 1. The lowest BCUT2D eigenvalue weighted by Gasteiger charge is -2.29. The number of nitrogens with zero attached hydrogens (tertiary/aromatic N) is 3. The van der Waals surface area contributed by atoms with Gasteiger partial charge in [-0.25, -0.2) is 0 Å². The fourth-order valence-electron chi connectivity index (χ4n) is 4.41. The number of aryl methyl sites for hydroxylation is 1. The lowest BCUT2D eigenvalue weighted by molar-refractivity contribution is -0.384. The monoisotopic (exact) mass is 510 g/mol. The molecule has 5 rings (SSSR count). The average molecular weight is 511 g/mol. The summed E-state index contributed by atoms with van der Waals surface area (Å²) >= 11 is 5.32. The largest absolute Gasteiger partial charge is 0.342 e. The molecule has 1 N–H and O–H groups in total. The number of benzene rings is 3. The van der Waals surface area contributed by atoms with Gasteiger partial charge >= 0.3 is 0 Å². The number of hydrogen-bond acceptors (Lipinski definition) is 5. The molecule has 1 aliphatic heterocycles. The number of carbonyl (C=O) groups excluding carboxylic acids is 2. The van der Waals surface area contributed by atoms with E-state index in [0.717, 1.165) is 28.5 Å². The first-order chi connectivity index (χ1) is 17.9. The highest BCUT2D eigenvalue weighted by atomic mass is 32.1. The molecule has 0 radical (unpaired) electrons. The van der Waals surface area contributed by atoms with Gasteiger partial charge in [0.1, 0.15) is 5.57 Å². The molecular weight excluding hydrogens is 488 g/mol. The number of nitro groups is 1. The van der Waals surface area contributed by atoms with E-state index >= 15 is 0 Å². The van der Waals surface area contributed by atoms with Gasteiger partial charge in [-0.15, -0.1) is 0 Å². The standard InChI is InChI=1S/C28H22N4O4S/c1-2-18-10-12-21(13-11-18)31-27(34)24(26(33)29-28(31)37)15-20-17-30(25-9-4-3-8-23(20)25)16-19-6-5-7-22(14-19)32(35)36/h3-15,17H,2,16H2,1H3,(H,29,33,37)/b24-15+. The predicted octanol–water partition coefficient (Wildman–Crippen LogP) is 4.99. The smallest absolute Gasteiger partial charge is 0.270 e. The number of fused-ring (bicyclic) bond motifs is 1. The number of nitro benzene ring substituents is 1. The molecule has 184 valence electrons. The Morgan fingerprint density at radius 3 is 2.49 bits per heavy atom. The summed E-state index contributed by atoms with van der Waals surface area (Å²) in [6.07, 6.45) is 4.27. The Kier molecular flexibility index (Phi) is 6.37. The molecular formula is C28H22N4O4S. The van der Waals surface area contributed by atoms with Gasteiger partial charge in [0.25, 0.3) is 17.5 Å². The van der Waals surface area contributed by atoms with Crippen LogP contribution in [0.4, 0.5) is 11.4 Å². The normalized spacial score (nSPS) is 14.9. The van der Waals surface area contributed by atoms with E-state index in [-0.39, 0.29) is 16.4 Å². The van der Waals surface area contributed by atoms with Gasteiger partial charge in [-0.05, 0) is 54.0 Å². The van der Waals surface area contributed by atoms with Crippen molar-refractivity contribution < 1.29 is 14.5 Å². The quantitative estimate of drug-likeness (QED) is 0.130. The Morgan fingerprint density at radius 1 is 1.00 bits per heavy atom. The number of aromatic nitrogens is 1. The van der Waals surface area contributed by atoms with Crippen LogP contribution in [0.3, 0.4) is 0 Å². The van der Waals surface area contributed by atoms with Gasteiger partial charge in [0.2, 0.25) is 0 Å². The molecule has 8 nitrogen and oxygen atoms in total. The van der Waals surface area contributed by atoms with Gasteiger partial charge < -0.3 is 4.57 Å². The van der Waals surface area contributed by atoms with Crippen molar-refractivity contribution in [3.8, 4) is 0 Å². The molecule has 1 saturated heterocycles. The van der Waals surface area contributed by atoms with E-state index in [9.17, 15) is 19.7 Å². The SMILES string of the molecule is CCc1ccc(N2C(=O)/C(=C/c3cn(Cc4cccc([N+](=O)[O-])c4)c4ccccc34)C(=O)NC2=S)cc1. The first-order valence-electron chi connectivity index (χ1n) is 11.7. The minimum absolute atomic E-state index is 0.0174. The Labute approximate surface area is 218 Å². The zero-order valence-corrected chi connectivity index (χ0v) is 20.7. The summed E-state index contributed by atoms with van der Waals surface area (Å²) in [5, 5.41) is 14.7. The molecule has 4 aromatic rings. The van der Waals surface area contributed by atoms with Crippen LogP contribution in [-0.2, 0) is 22.6 Å². The number of anilines is 1. The van der Waals surface area contributed by atoms with Crippen LogP contribution in [0.25, 0.3) is 17.0 Å². The third kappa shape index (κ3) is 4.64. The first kappa shape index (κ1) is 24.1. The molecule has 0 unspecified atom stereocenters. The fraction of sp³-hybridized carbons (Fsp3) is 0.107. The van der Waals surface area contributed by atoms with Gasteiger partial charge in [0, 0.05) is 41.3 Å². The van der Waals surface area contributed by atoms with Crippen molar-refractivity contribution in [1.29, 1.82) is 0 Å². The molecule has 0 aliphatic carbocycles. The summed E-state index contributed by atoms with van der Waals surface area (Å²) in [5.41, 5.74) is 3.98. The minimum Gasteiger partial charge on any atom is -0.342 e. The summed E-state index contributed by atoms with van der Waals surface area (Å²) in [4.78, 5) is 38.4.